The Morgan fingerprint density at radius 2 is 1.90 bits per heavy atom. The zero-order chi connectivity index (χ0) is 14.6. The molecule has 5 heteroatoms. The van der Waals surface area contributed by atoms with Gasteiger partial charge in [0.15, 0.2) is 0 Å². The number of nitrogens with zero attached hydrogens (tertiary/aromatic N) is 1. The van der Waals surface area contributed by atoms with E-state index in [1.54, 1.807) is 12.1 Å². The molecule has 1 N–H and O–H groups in total. The van der Waals surface area contributed by atoms with Gasteiger partial charge in [0, 0.05) is 0 Å². The summed E-state index contributed by atoms with van der Waals surface area (Å²) >= 11 is -0.185. The van der Waals surface area contributed by atoms with Gasteiger partial charge in [0.25, 0.3) is 0 Å². The molecule has 0 spiro atoms. The number of carbonyl (C=O) groups excluding carboxylic acids is 1. The average Bonchev–Trinajstić information content (AvgIpc) is 2.98. The van der Waals surface area contributed by atoms with Crippen molar-refractivity contribution in [2.75, 3.05) is 0 Å². The third kappa shape index (κ3) is 1.71. The van der Waals surface area contributed by atoms with Crippen LogP contribution in [-0.2, 0) is 4.79 Å². The van der Waals surface area contributed by atoms with Crippen LogP contribution in [-0.4, -0.2) is 25.5 Å². The molecule has 1 aromatic heterocycles. The van der Waals surface area contributed by atoms with Crippen LogP contribution in [0, 0.1) is 5.82 Å². The van der Waals surface area contributed by atoms with E-state index < -0.39 is 11.7 Å². The van der Waals surface area contributed by atoms with Gasteiger partial charge in [-0.05, 0) is 0 Å². The number of para-hydroxylation sites is 1. The van der Waals surface area contributed by atoms with Crippen molar-refractivity contribution >= 4 is 35.6 Å². The fourth-order valence-electron chi connectivity index (χ4n) is 2.52. The van der Waals surface area contributed by atoms with E-state index in [4.69, 9.17) is 0 Å². The van der Waals surface area contributed by atoms with Gasteiger partial charge in [-0.25, -0.2) is 0 Å². The molecule has 2 heterocycles. The van der Waals surface area contributed by atoms with Gasteiger partial charge in [-0.3, -0.25) is 0 Å². The second-order valence-corrected chi connectivity index (χ2v) is 6.91. The summed E-state index contributed by atoms with van der Waals surface area (Å²) in [7, 11) is 0. The number of amides is 1. The van der Waals surface area contributed by atoms with Gasteiger partial charge in [0.05, 0.1) is 0 Å². The summed E-state index contributed by atoms with van der Waals surface area (Å²) in [5.74, 6) is -0.883. The molecule has 0 aliphatic carbocycles. The Kier molecular flexibility index (Phi) is 2.61. The van der Waals surface area contributed by atoms with E-state index in [0.717, 1.165) is 9.65 Å². The zero-order valence-electron chi connectivity index (χ0n) is 10.6. The molecule has 1 aliphatic rings. The van der Waals surface area contributed by atoms with Crippen molar-refractivity contribution < 1.29 is 14.3 Å². The standard InChI is InChI=1S/C16H8FNO2Se/c17-10-6-3-5-9-12(16(20)18-13(9)10)15-14(19)8-4-1-2-7-11(8)21-15/h1-7,19H. The molecule has 21 heavy (non-hydrogen) atoms. The molecule has 0 fully saturated rings. The third-order valence-electron chi connectivity index (χ3n) is 3.48. The molecular weight excluding hydrogens is 336 g/mol. The summed E-state index contributed by atoms with van der Waals surface area (Å²) in [4.78, 5) is 16.0. The fraction of sp³-hybridized carbons (Fsp3) is 0. The van der Waals surface area contributed by atoms with Crippen LogP contribution in [0.3, 0.4) is 0 Å². The van der Waals surface area contributed by atoms with Gasteiger partial charge in [-0.2, -0.15) is 0 Å². The monoisotopic (exact) mass is 345 g/mol. The molecular formula is C16H8FNO2Se. The molecule has 0 radical (unpaired) electrons. The van der Waals surface area contributed by atoms with Crippen LogP contribution in [0.5, 0.6) is 5.75 Å². The van der Waals surface area contributed by atoms with E-state index in [9.17, 15) is 14.3 Å². The van der Waals surface area contributed by atoms with Crippen LogP contribution >= 0.6 is 0 Å². The van der Waals surface area contributed by atoms with Gasteiger partial charge in [-0.1, -0.05) is 0 Å². The minimum absolute atomic E-state index is 0.0737. The van der Waals surface area contributed by atoms with Crippen molar-refractivity contribution in [1.29, 1.82) is 0 Å². The predicted molar refractivity (Wildman–Crippen MR) is 77.3 cm³/mol. The topological polar surface area (TPSA) is 49.7 Å². The molecule has 102 valence electrons. The number of hydrogen-bond acceptors (Lipinski definition) is 2. The van der Waals surface area contributed by atoms with Gasteiger partial charge < -0.3 is 0 Å². The molecule has 1 aliphatic heterocycles. The summed E-state index contributed by atoms with van der Waals surface area (Å²) in [6, 6.07) is 12.0. The number of benzene rings is 2. The predicted octanol–water partition coefficient (Wildman–Crippen LogP) is 1.10. The Bertz CT molecular complexity index is 1040. The quantitative estimate of drug-likeness (QED) is 0.672. The Labute approximate surface area is 124 Å². The van der Waals surface area contributed by atoms with Crippen molar-refractivity contribution in [3.8, 4) is 5.75 Å². The van der Waals surface area contributed by atoms with E-state index in [0.29, 0.717) is 15.2 Å². The maximum absolute atomic E-state index is 13.8. The van der Waals surface area contributed by atoms with Crippen molar-refractivity contribution in [2.45, 2.75) is 0 Å². The molecule has 3 nitrogen and oxygen atoms in total. The molecule has 3 aromatic rings. The normalized spacial score (nSPS) is 13.6. The van der Waals surface area contributed by atoms with E-state index in [-0.39, 0.29) is 25.6 Å². The second-order valence-electron chi connectivity index (χ2n) is 4.70. The van der Waals surface area contributed by atoms with Crippen LogP contribution in [0.15, 0.2) is 47.5 Å². The first-order chi connectivity index (χ1) is 10.2. The van der Waals surface area contributed by atoms with Gasteiger partial charge >= 0.3 is 124 Å². The molecule has 1 amide bonds. The van der Waals surface area contributed by atoms with Crippen LogP contribution in [0.2, 0.25) is 0 Å². The van der Waals surface area contributed by atoms with Crippen molar-refractivity contribution in [2.24, 2.45) is 4.99 Å². The third-order valence-corrected chi connectivity index (χ3v) is 5.95. The van der Waals surface area contributed by atoms with Crippen LogP contribution < -0.4 is 10.6 Å². The summed E-state index contributed by atoms with van der Waals surface area (Å²) in [6.07, 6.45) is 0. The molecule has 2 aromatic carbocycles. The van der Waals surface area contributed by atoms with Crippen molar-refractivity contribution in [3.05, 3.63) is 63.3 Å². The summed E-state index contributed by atoms with van der Waals surface area (Å²) in [5.41, 5.74) is 0.332. The minimum atomic E-state index is -0.515. The second kappa shape index (κ2) is 4.38. The number of hydrogen-bond donors (Lipinski definition) is 1. The van der Waals surface area contributed by atoms with E-state index in [1.165, 1.54) is 6.07 Å². The van der Waals surface area contributed by atoms with Gasteiger partial charge in [0.1, 0.15) is 0 Å². The average molecular weight is 344 g/mol. The number of halogens is 1. The molecule has 4 rings (SSSR count). The van der Waals surface area contributed by atoms with E-state index >= 15 is 0 Å². The number of aromatic hydroxyl groups is 1. The summed E-state index contributed by atoms with van der Waals surface area (Å²) in [6.45, 7) is 0. The Balaban J connectivity index is 2.14. The van der Waals surface area contributed by atoms with Crippen LogP contribution in [0.4, 0.5) is 4.39 Å². The molecule has 0 saturated carbocycles. The number of rotatable bonds is 1. The molecule has 0 bridgehead atoms. The first kappa shape index (κ1) is 12.5. The summed E-state index contributed by atoms with van der Waals surface area (Å²) < 4.78 is 15.4. The van der Waals surface area contributed by atoms with Crippen molar-refractivity contribution in [1.82, 2.24) is 0 Å². The summed E-state index contributed by atoms with van der Waals surface area (Å²) in [5, 5.41) is 11.7. The Hall–Kier alpha value is -2.23. The first-order valence-corrected chi connectivity index (χ1v) is 8.01. The zero-order valence-corrected chi connectivity index (χ0v) is 12.3. The molecule has 0 unspecified atom stereocenters. The number of carbonyl (C=O) groups is 1. The molecule has 0 saturated heterocycles. The van der Waals surface area contributed by atoms with Gasteiger partial charge in [0.2, 0.25) is 0 Å². The SMILES string of the molecule is O=C1N=c2c(F)cccc2=C1c1[se]c2ccccc2c1O. The van der Waals surface area contributed by atoms with E-state index in [1.807, 2.05) is 24.3 Å². The Morgan fingerprint density at radius 1 is 1.10 bits per heavy atom. The molecule has 0 atom stereocenters. The van der Waals surface area contributed by atoms with Crippen LogP contribution in [0.1, 0.15) is 4.44 Å². The fourth-order valence-corrected chi connectivity index (χ4v) is 4.93. The van der Waals surface area contributed by atoms with Gasteiger partial charge in [-0.15, -0.1) is 0 Å². The van der Waals surface area contributed by atoms with E-state index in [2.05, 4.69) is 4.99 Å². The van der Waals surface area contributed by atoms with Crippen LogP contribution in [0.25, 0.3) is 15.2 Å². The Morgan fingerprint density at radius 3 is 2.71 bits per heavy atom. The number of fused-ring (bicyclic) bond motifs is 2. The first-order valence-electron chi connectivity index (χ1n) is 6.29. The maximum atomic E-state index is 13.8. The van der Waals surface area contributed by atoms with Crippen molar-refractivity contribution in [3.63, 3.8) is 0 Å².